The van der Waals surface area contributed by atoms with Gasteiger partial charge in [-0.2, -0.15) is 0 Å². The molecule has 74 valence electrons. The van der Waals surface area contributed by atoms with Gasteiger partial charge >= 0.3 is 0 Å². The Bertz CT molecular complexity index is 86.5. The first-order valence-electron chi connectivity index (χ1n) is 4.59. The van der Waals surface area contributed by atoms with Gasteiger partial charge in [-0.15, -0.1) is 11.6 Å². The molecule has 0 saturated carbocycles. The van der Waals surface area contributed by atoms with E-state index in [1.807, 2.05) is 13.8 Å². The molecule has 0 fully saturated rings. The highest BCUT2D eigenvalue weighted by Crippen LogP contribution is 2.10. The minimum absolute atomic E-state index is 0.0432. The highest BCUT2D eigenvalue weighted by Gasteiger charge is 2.19. The first kappa shape index (κ1) is 12.2. The minimum atomic E-state index is 0.0432. The van der Waals surface area contributed by atoms with Crippen molar-refractivity contribution in [2.45, 2.75) is 39.4 Å². The van der Waals surface area contributed by atoms with E-state index in [1.165, 1.54) is 0 Å². The fourth-order valence-electron chi connectivity index (χ4n) is 1.17. The van der Waals surface area contributed by atoms with Crippen molar-refractivity contribution in [3.05, 3.63) is 0 Å². The van der Waals surface area contributed by atoms with Gasteiger partial charge in [-0.1, -0.05) is 6.92 Å². The second-order valence-electron chi connectivity index (χ2n) is 2.55. The van der Waals surface area contributed by atoms with Gasteiger partial charge in [0, 0.05) is 13.2 Å². The van der Waals surface area contributed by atoms with Gasteiger partial charge < -0.3 is 9.47 Å². The number of alkyl halides is 1. The summed E-state index contributed by atoms with van der Waals surface area (Å²) >= 11 is 5.75. The Kier molecular flexibility index (Phi) is 7.98. The van der Waals surface area contributed by atoms with Crippen molar-refractivity contribution in [3.63, 3.8) is 0 Å². The lowest BCUT2D eigenvalue weighted by molar-refractivity contribution is -0.0576. The normalized spacial score (nSPS) is 16.0. The first-order valence-corrected chi connectivity index (χ1v) is 5.12. The van der Waals surface area contributed by atoms with Crippen molar-refractivity contribution in [1.82, 2.24) is 0 Å². The maximum absolute atomic E-state index is 5.75. The van der Waals surface area contributed by atoms with E-state index in [0.29, 0.717) is 12.5 Å². The van der Waals surface area contributed by atoms with E-state index in [0.717, 1.165) is 13.0 Å². The second kappa shape index (κ2) is 7.84. The van der Waals surface area contributed by atoms with Gasteiger partial charge in [0.1, 0.15) is 0 Å². The molecule has 0 N–H and O–H groups in total. The van der Waals surface area contributed by atoms with Crippen LogP contribution in [0.15, 0.2) is 0 Å². The van der Waals surface area contributed by atoms with Crippen molar-refractivity contribution < 1.29 is 9.47 Å². The largest absolute Gasteiger partial charge is 0.376 e. The Morgan fingerprint density at radius 1 is 1.00 bits per heavy atom. The zero-order valence-electron chi connectivity index (χ0n) is 8.18. The molecule has 0 aromatic carbocycles. The van der Waals surface area contributed by atoms with E-state index in [1.54, 1.807) is 0 Å². The zero-order chi connectivity index (χ0) is 9.40. The summed E-state index contributed by atoms with van der Waals surface area (Å²) in [6.07, 6.45) is 1.14. The molecule has 2 unspecified atom stereocenters. The zero-order valence-corrected chi connectivity index (χ0v) is 8.93. The monoisotopic (exact) mass is 194 g/mol. The summed E-state index contributed by atoms with van der Waals surface area (Å²) in [5.41, 5.74) is 0. The van der Waals surface area contributed by atoms with Crippen molar-refractivity contribution in [1.29, 1.82) is 0 Å². The summed E-state index contributed by atoms with van der Waals surface area (Å²) in [5.74, 6) is 0.506. The van der Waals surface area contributed by atoms with Crippen molar-refractivity contribution in [2.24, 2.45) is 0 Å². The molecule has 2 atom stereocenters. The van der Waals surface area contributed by atoms with Crippen LogP contribution < -0.4 is 0 Å². The van der Waals surface area contributed by atoms with Crippen molar-refractivity contribution in [2.75, 3.05) is 19.1 Å². The standard InChI is InChI=1S/C9H19ClO2/c1-4-8(11-5-2)9(7-10)12-6-3/h8-9H,4-7H2,1-3H3. The maximum atomic E-state index is 5.75. The molecule has 12 heavy (non-hydrogen) atoms. The smallest absolute Gasteiger partial charge is 0.0971 e. The van der Waals surface area contributed by atoms with E-state index >= 15 is 0 Å². The van der Waals surface area contributed by atoms with Crippen molar-refractivity contribution >= 4 is 11.6 Å². The van der Waals surface area contributed by atoms with E-state index in [4.69, 9.17) is 21.1 Å². The molecule has 2 nitrogen and oxygen atoms in total. The summed E-state index contributed by atoms with van der Waals surface area (Å²) in [7, 11) is 0. The molecule has 0 aromatic rings. The quantitative estimate of drug-likeness (QED) is 0.580. The van der Waals surface area contributed by atoms with Crippen LogP contribution in [0.1, 0.15) is 27.2 Å². The van der Waals surface area contributed by atoms with Crippen LogP contribution in [0.4, 0.5) is 0 Å². The third kappa shape index (κ3) is 4.29. The topological polar surface area (TPSA) is 18.5 Å². The SMILES string of the molecule is CCOC(CC)C(CCl)OCC. The van der Waals surface area contributed by atoms with Crippen LogP contribution in [-0.4, -0.2) is 31.3 Å². The average molecular weight is 195 g/mol. The predicted molar refractivity (Wildman–Crippen MR) is 51.8 cm³/mol. The van der Waals surface area contributed by atoms with Gasteiger partial charge in [0.2, 0.25) is 0 Å². The third-order valence-electron chi connectivity index (χ3n) is 1.73. The fraction of sp³-hybridized carbons (Fsp3) is 1.00. The van der Waals surface area contributed by atoms with E-state index < -0.39 is 0 Å². The van der Waals surface area contributed by atoms with Gasteiger partial charge in [0.25, 0.3) is 0 Å². The van der Waals surface area contributed by atoms with Gasteiger partial charge in [0.05, 0.1) is 18.1 Å². The molecule has 0 saturated heterocycles. The second-order valence-corrected chi connectivity index (χ2v) is 2.86. The van der Waals surface area contributed by atoms with Crippen LogP contribution in [-0.2, 0) is 9.47 Å². The lowest BCUT2D eigenvalue weighted by atomic mass is 10.2. The number of ether oxygens (including phenoxy) is 2. The molecule has 0 heterocycles. The molecule has 0 aliphatic heterocycles. The molecule has 0 radical (unpaired) electrons. The maximum Gasteiger partial charge on any atom is 0.0971 e. The number of halogens is 1. The lowest BCUT2D eigenvalue weighted by Gasteiger charge is -2.23. The van der Waals surface area contributed by atoms with Gasteiger partial charge in [-0.25, -0.2) is 0 Å². The minimum Gasteiger partial charge on any atom is -0.376 e. The first-order chi connectivity index (χ1) is 5.79. The molecule has 0 aromatic heterocycles. The van der Waals surface area contributed by atoms with Crippen LogP contribution in [0.25, 0.3) is 0 Å². The predicted octanol–water partition coefficient (Wildman–Crippen LogP) is 2.45. The van der Waals surface area contributed by atoms with E-state index in [2.05, 4.69) is 6.92 Å². The summed E-state index contributed by atoms with van der Waals surface area (Å²) in [6, 6.07) is 0. The molecule has 0 amide bonds. The third-order valence-corrected chi connectivity index (χ3v) is 2.03. The van der Waals surface area contributed by atoms with E-state index in [9.17, 15) is 0 Å². The highest BCUT2D eigenvalue weighted by atomic mass is 35.5. The van der Waals surface area contributed by atoms with Gasteiger partial charge in [-0.3, -0.25) is 0 Å². The van der Waals surface area contributed by atoms with Crippen molar-refractivity contribution in [3.8, 4) is 0 Å². The number of hydrogen-bond donors (Lipinski definition) is 0. The van der Waals surface area contributed by atoms with E-state index in [-0.39, 0.29) is 12.2 Å². The summed E-state index contributed by atoms with van der Waals surface area (Å²) in [6.45, 7) is 7.46. The molecule has 0 bridgehead atoms. The lowest BCUT2D eigenvalue weighted by Crippen LogP contribution is -2.32. The molecular weight excluding hydrogens is 176 g/mol. The van der Waals surface area contributed by atoms with Crippen LogP contribution >= 0.6 is 11.6 Å². The highest BCUT2D eigenvalue weighted by molar-refractivity contribution is 6.18. The molecule has 0 spiro atoms. The Morgan fingerprint density at radius 3 is 1.83 bits per heavy atom. The fourth-order valence-corrected chi connectivity index (χ4v) is 1.46. The summed E-state index contributed by atoms with van der Waals surface area (Å²) in [4.78, 5) is 0. The Labute approximate surface area is 80.2 Å². The Hall–Kier alpha value is 0.210. The number of rotatable bonds is 7. The van der Waals surface area contributed by atoms with Crippen LogP contribution in [0.2, 0.25) is 0 Å². The molecular formula is C9H19ClO2. The van der Waals surface area contributed by atoms with Crippen LogP contribution in [0, 0.1) is 0 Å². The van der Waals surface area contributed by atoms with Crippen LogP contribution in [0.3, 0.4) is 0 Å². The molecule has 3 heteroatoms. The number of hydrogen-bond acceptors (Lipinski definition) is 2. The summed E-state index contributed by atoms with van der Waals surface area (Å²) < 4.78 is 10.9. The van der Waals surface area contributed by atoms with Gasteiger partial charge in [0.15, 0.2) is 0 Å². The average Bonchev–Trinajstić information content (AvgIpc) is 2.11. The summed E-state index contributed by atoms with van der Waals surface area (Å²) in [5, 5.41) is 0. The Morgan fingerprint density at radius 2 is 1.50 bits per heavy atom. The van der Waals surface area contributed by atoms with Crippen LogP contribution in [0.5, 0.6) is 0 Å². The van der Waals surface area contributed by atoms with Gasteiger partial charge in [-0.05, 0) is 20.3 Å². The molecule has 0 rings (SSSR count). The Balaban J connectivity index is 3.84. The molecule has 0 aliphatic rings. The molecule has 0 aliphatic carbocycles.